The van der Waals surface area contributed by atoms with E-state index in [1.165, 1.54) is 46.1 Å². The van der Waals surface area contributed by atoms with Gasteiger partial charge in [-0.05, 0) is 58.3 Å². The molecular formula is C31H40AuN3O3. The van der Waals surface area contributed by atoms with E-state index >= 15 is 0 Å². The maximum absolute atomic E-state index is 9.91. The van der Waals surface area contributed by atoms with E-state index in [0.29, 0.717) is 23.7 Å². The summed E-state index contributed by atoms with van der Waals surface area (Å²) in [5.74, 6) is 0.505. The van der Waals surface area contributed by atoms with Gasteiger partial charge in [0, 0.05) is 11.4 Å². The molecule has 208 valence electrons. The van der Waals surface area contributed by atoms with E-state index < -0.39 is 5.97 Å². The minimum absolute atomic E-state index is 0. The van der Waals surface area contributed by atoms with Crippen LogP contribution in [0.3, 0.4) is 0 Å². The second-order valence-corrected chi connectivity index (χ2v) is 10.6. The van der Waals surface area contributed by atoms with E-state index in [1.807, 2.05) is 0 Å². The van der Waals surface area contributed by atoms with E-state index in [0.717, 1.165) is 0 Å². The number of aromatic carboxylic acids is 1. The number of nitrogens with zero attached hydrogens (tertiary/aromatic N) is 3. The first kappa shape index (κ1) is 31.4. The smallest absolute Gasteiger partial charge is 0.479 e. The van der Waals surface area contributed by atoms with Gasteiger partial charge in [-0.3, -0.25) is 0 Å². The number of rotatable bonds is 7. The number of para-hydroxylation sites is 2. The molecule has 1 N–H and O–H groups in total. The maximum Gasteiger partial charge on any atom is 1.00 e. The van der Waals surface area contributed by atoms with Crippen molar-refractivity contribution in [3.05, 3.63) is 96.1 Å². The van der Waals surface area contributed by atoms with Crippen LogP contribution < -0.4 is 9.80 Å². The molecule has 0 saturated heterocycles. The molecule has 1 aliphatic rings. The van der Waals surface area contributed by atoms with Crippen LogP contribution >= 0.6 is 0 Å². The number of carboxylic acids is 1. The molecule has 0 fully saturated rings. The van der Waals surface area contributed by atoms with Crippen LogP contribution in [0.15, 0.2) is 65.7 Å². The number of carbonyl (C=O) groups is 1. The number of hydrogen-bond acceptors (Lipinski definition) is 5. The summed E-state index contributed by atoms with van der Waals surface area (Å²) in [4.78, 5) is 17.9. The molecule has 0 unspecified atom stereocenters. The van der Waals surface area contributed by atoms with Gasteiger partial charge in [0.15, 0.2) is 0 Å². The fourth-order valence-electron chi connectivity index (χ4n) is 4.57. The molecule has 0 saturated carbocycles. The predicted molar refractivity (Wildman–Crippen MR) is 151 cm³/mol. The van der Waals surface area contributed by atoms with Crippen LogP contribution in [0.25, 0.3) is 0 Å². The molecule has 1 aliphatic heterocycles. The van der Waals surface area contributed by atoms with Crippen LogP contribution in [-0.2, 0) is 22.4 Å². The molecule has 0 aliphatic carbocycles. The van der Waals surface area contributed by atoms with Gasteiger partial charge in [-0.25, -0.2) is 9.78 Å². The quantitative estimate of drug-likeness (QED) is 0.197. The average molecular weight is 700 g/mol. The SMILES string of the molecule is CC(C)c1cccc(C(C)C)c1N1C=CN(c2c(C(C)C)cccc2C(C)C)[CH-]1.O=C(O)c1ncco1.[Au+]. The van der Waals surface area contributed by atoms with E-state index in [4.69, 9.17) is 5.11 Å². The van der Waals surface area contributed by atoms with Crippen molar-refractivity contribution in [1.29, 1.82) is 0 Å². The molecule has 0 amide bonds. The van der Waals surface area contributed by atoms with Crippen LogP contribution in [0.2, 0.25) is 0 Å². The van der Waals surface area contributed by atoms with Crippen molar-refractivity contribution < 1.29 is 36.7 Å². The van der Waals surface area contributed by atoms with Gasteiger partial charge in [-0.15, -0.1) is 6.67 Å². The zero-order valence-corrected chi connectivity index (χ0v) is 25.7. The summed E-state index contributed by atoms with van der Waals surface area (Å²) < 4.78 is 4.38. The molecule has 1 aromatic heterocycles. The van der Waals surface area contributed by atoms with E-state index in [-0.39, 0.29) is 28.3 Å². The van der Waals surface area contributed by atoms with Crippen molar-refractivity contribution >= 4 is 17.3 Å². The number of hydrogen-bond donors (Lipinski definition) is 1. The summed E-state index contributed by atoms with van der Waals surface area (Å²) in [5.41, 5.74) is 8.29. The fourth-order valence-corrected chi connectivity index (χ4v) is 4.57. The van der Waals surface area contributed by atoms with Gasteiger partial charge in [-0.2, -0.15) is 0 Å². The monoisotopic (exact) mass is 699 g/mol. The third-order valence-electron chi connectivity index (χ3n) is 6.45. The molecule has 3 aromatic rings. The molecule has 4 rings (SSSR count). The number of anilines is 2. The molecule has 0 radical (unpaired) electrons. The van der Waals surface area contributed by atoms with Gasteiger partial charge in [-0.1, -0.05) is 91.8 Å². The summed E-state index contributed by atoms with van der Waals surface area (Å²) in [7, 11) is 0. The van der Waals surface area contributed by atoms with Crippen molar-refractivity contribution in [3.8, 4) is 0 Å². The van der Waals surface area contributed by atoms with Crippen molar-refractivity contribution in [2.45, 2.75) is 79.1 Å². The molecule has 38 heavy (non-hydrogen) atoms. The number of oxazole rings is 1. The van der Waals surface area contributed by atoms with Gasteiger partial charge in [0.25, 0.3) is 0 Å². The Kier molecular flexibility index (Phi) is 11.4. The van der Waals surface area contributed by atoms with E-state index in [2.05, 4.69) is 130 Å². The first-order valence-corrected chi connectivity index (χ1v) is 13.0. The third-order valence-corrected chi connectivity index (χ3v) is 6.45. The average Bonchev–Trinajstić information content (AvgIpc) is 3.56. The zero-order chi connectivity index (χ0) is 27.3. The molecule has 6 nitrogen and oxygen atoms in total. The molecule has 2 aromatic carbocycles. The molecule has 0 atom stereocenters. The van der Waals surface area contributed by atoms with E-state index in [9.17, 15) is 4.79 Å². The fraction of sp³-hybridized carbons (Fsp3) is 0.387. The Hall–Kier alpha value is -2.80. The van der Waals surface area contributed by atoms with Crippen molar-refractivity contribution in [3.63, 3.8) is 0 Å². The van der Waals surface area contributed by atoms with Crippen molar-refractivity contribution in [1.82, 2.24) is 4.98 Å². The van der Waals surface area contributed by atoms with Crippen molar-refractivity contribution in [2.24, 2.45) is 0 Å². The molecule has 2 heterocycles. The number of carboxylic acid groups (broad SMARTS) is 1. The largest absolute Gasteiger partial charge is 1.00 e. The Balaban J connectivity index is 0.000000482. The summed E-state index contributed by atoms with van der Waals surface area (Å²) >= 11 is 0. The Morgan fingerprint density at radius 1 is 0.763 bits per heavy atom. The molecule has 7 heteroatoms. The standard InChI is InChI=1S/C27H37N2.C4H3NO3.Au/c1-18(2)22-11-9-12-23(19(3)4)26(22)28-15-16-29(17-28)27-24(20(5)6)13-10-14-25(27)21(7)8;6-4(7)3-5-1-2-8-3;/h9-21H,1-8H3;1-2H,(H,6,7);/q-1;;+1. The normalized spacial score (nSPS) is 12.8. The maximum atomic E-state index is 9.91. The van der Waals surface area contributed by atoms with Crippen LogP contribution in [0.5, 0.6) is 0 Å². The summed E-state index contributed by atoms with van der Waals surface area (Å²) in [6.45, 7) is 20.5. The molecule has 0 spiro atoms. The van der Waals surface area contributed by atoms with Crippen LogP contribution in [0, 0.1) is 6.67 Å². The van der Waals surface area contributed by atoms with Gasteiger partial charge in [0.1, 0.15) is 6.26 Å². The minimum atomic E-state index is -1.14. The van der Waals surface area contributed by atoms with Crippen molar-refractivity contribution in [2.75, 3.05) is 9.80 Å². The Morgan fingerprint density at radius 3 is 1.37 bits per heavy atom. The zero-order valence-electron chi connectivity index (χ0n) is 23.6. The summed E-state index contributed by atoms with van der Waals surface area (Å²) in [6.07, 6.45) is 6.93. The van der Waals surface area contributed by atoms with Gasteiger partial charge >= 0.3 is 34.2 Å². The second-order valence-electron chi connectivity index (χ2n) is 10.6. The van der Waals surface area contributed by atoms with Crippen LogP contribution in [-0.4, -0.2) is 16.1 Å². The topological polar surface area (TPSA) is 69.8 Å². The van der Waals surface area contributed by atoms with Crippen LogP contribution in [0.1, 0.15) is 112 Å². The molecular weight excluding hydrogens is 659 g/mol. The third kappa shape index (κ3) is 7.19. The van der Waals surface area contributed by atoms with E-state index in [1.54, 1.807) is 0 Å². The Bertz CT molecular complexity index is 1090. The number of benzene rings is 2. The Labute approximate surface area is 243 Å². The number of aromatic nitrogens is 1. The summed E-state index contributed by atoms with van der Waals surface area (Å²) in [5, 5.41) is 8.12. The Morgan fingerprint density at radius 2 is 1.13 bits per heavy atom. The predicted octanol–water partition coefficient (Wildman–Crippen LogP) is 8.47. The molecule has 0 bridgehead atoms. The van der Waals surface area contributed by atoms with Gasteiger partial charge < -0.3 is 19.3 Å². The first-order chi connectivity index (χ1) is 17.5. The van der Waals surface area contributed by atoms with Gasteiger partial charge in [0.2, 0.25) is 0 Å². The first-order valence-electron chi connectivity index (χ1n) is 13.0. The van der Waals surface area contributed by atoms with Gasteiger partial charge in [0.05, 0.1) is 6.20 Å². The summed E-state index contributed by atoms with van der Waals surface area (Å²) in [6, 6.07) is 13.5. The minimum Gasteiger partial charge on any atom is -0.479 e. The van der Waals surface area contributed by atoms with Crippen LogP contribution in [0.4, 0.5) is 11.4 Å². The second kappa shape index (κ2) is 13.8.